The number of aromatic nitrogens is 1. The van der Waals surface area contributed by atoms with E-state index in [-0.39, 0.29) is 11.6 Å². The highest BCUT2D eigenvalue weighted by Gasteiger charge is 2.27. The zero-order chi connectivity index (χ0) is 20.5. The second-order valence-corrected chi connectivity index (χ2v) is 7.77. The molecule has 2 aromatic carbocycles. The van der Waals surface area contributed by atoms with Crippen LogP contribution in [0.3, 0.4) is 0 Å². The number of nitrogens with zero attached hydrogens (tertiary/aromatic N) is 1. The number of anilines is 1. The van der Waals surface area contributed by atoms with Gasteiger partial charge < -0.3 is 20.6 Å². The van der Waals surface area contributed by atoms with Crippen molar-refractivity contribution in [3.63, 3.8) is 0 Å². The number of methoxy groups -OCH3 is 1. The highest BCUT2D eigenvalue weighted by molar-refractivity contribution is 5.89. The molecule has 1 atom stereocenters. The second-order valence-electron chi connectivity index (χ2n) is 7.77. The minimum Gasteiger partial charge on any atom is -0.496 e. The molecule has 0 amide bonds. The Bertz CT molecular complexity index is 1060. The van der Waals surface area contributed by atoms with Crippen LogP contribution >= 0.6 is 0 Å². The molecule has 6 nitrogen and oxygen atoms in total. The number of aryl methyl sites for hydroxylation is 1. The fraction of sp³-hybridized carbons (Fsp3) is 0.348. The number of piperidine rings is 1. The summed E-state index contributed by atoms with van der Waals surface area (Å²) in [5.41, 5.74) is 11.5. The molecule has 0 radical (unpaired) electrons. The lowest BCUT2D eigenvalue weighted by Gasteiger charge is -2.37. The highest BCUT2D eigenvalue weighted by atomic mass is 16.5. The first-order valence-electron chi connectivity index (χ1n) is 10.00. The number of rotatable bonds is 5. The van der Waals surface area contributed by atoms with E-state index < -0.39 is 5.97 Å². The number of likely N-dealkylation sites (tertiary alicyclic amines) is 1. The molecule has 1 aliphatic rings. The molecule has 1 aromatic heterocycles. The lowest BCUT2D eigenvalue weighted by Crippen LogP contribution is -2.33. The monoisotopic (exact) mass is 393 g/mol. The van der Waals surface area contributed by atoms with E-state index >= 15 is 0 Å². The number of carboxylic acids is 1. The Kier molecular flexibility index (Phi) is 5.20. The van der Waals surface area contributed by atoms with Gasteiger partial charge in [0.1, 0.15) is 5.75 Å². The molecule has 0 spiro atoms. The maximum absolute atomic E-state index is 11.3. The molecule has 0 saturated carbocycles. The van der Waals surface area contributed by atoms with Crippen molar-refractivity contribution < 1.29 is 14.6 Å². The second kappa shape index (κ2) is 7.79. The topological polar surface area (TPSA) is 91.6 Å². The molecule has 6 heteroatoms. The average Bonchev–Trinajstić information content (AvgIpc) is 3.21. The predicted octanol–water partition coefficient (Wildman–Crippen LogP) is 4.49. The van der Waals surface area contributed by atoms with Crippen molar-refractivity contribution in [2.75, 3.05) is 19.4 Å². The highest BCUT2D eigenvalue weighted by Crippen LogP contribution is 2.38. The molecular formula is C23H27N3O3. The zero-order valence-electron chi connectivity index (χ0n) is 16.9. The Morgan fingerprint density at radius 3 is 2.86 bits per heavy atom. The van der Waals surface area contributed by atoms with Crippen LogP contribution in [-0.2, 0) is 6.54 Å². The number of carbonyl (C=O) groups is 1. The summed E-state index contributed by atoms with van der Waals surface area (Å²) in [5.74, 6) is -0.0592. The van der Waals surface area contributed by atoms with Crippen LogP contribution in [0.1, 0.15) is 52.4 Å². The Balaban J connectivity index is 1.71. The lowest BCUT2D eigenvalue weighted by atomic mass is 9.92. The number of fused-ring (bicyclic) bond motifs is 1. The van der Waals surface area contributed by atoms with E-state index in [9.17, 15) is 9.90 Å². The first kappa shape index (κ1) is 19.3. The molecule has 1 unspecified atom stereocenters. The van der Waals surface area contributed by atoms with Crippen LogP contribution in [-0.4, -0.2) is 34.6 Å². The van der Waals surface area contributed by atoms with Gasteiger partial charge in [-0.25, -0.2) is 4.79 Å². The van der Waals surface area contributed by atoms with Crippen LogP contribution < -0.4 is 10.5 Å². The fourth-order valence-corrected chi connectivity index (χ4v) is 4.53. The van der Waals surface area contributed by atoms with Gasteiger partial charge in [0.05, 0.1) is 12.7 Å². The van der Waals surface area contributed by atoms with Gasteiger partial charge in [-0.2, -0.15) is 0 Å². The summed E-state index contributed by atoms with van der Waals surface area (Å²) >= 11 is 0. The minimum atomic E-state index is -0.956. The number of H-pyrrole nitrogens is 1. The van der Waals surface area contributed by atoms with Gasteiger partial charge in [-0.05, 0) is 61.7 Å². The van der Waals surface area contributed by atoms with Gasteiger partial charge in [-0.3, -0.25) is 4.90 Å². The van der Waals surface area contributed by atoms with Crippen molar-refractivity contribution >= 4 is 22.6 Å². The molecule has 152 valence electrons. The maximum atomic E-state index is 11.3. The van der Waals surface area contributed by atoms with E-state index in [0.717, 1.165) is 54.7 Å². The van der Waals surface area contributed by atoms with Crippen molar-refractivity contribution in [1.82, 2.24) is 9.88 Å². The number of benzene rings is 2. The molecule has 2 heterocycles. The van der Waals surface area contributed by atoms with Gasteiger partial charge >= 0.3 is 5.97 Å². The van der Waals surface area contributed by atoms with Crippen LogP contribution in [0.5, 0.6) is 5.75 Å². The smallest absolute Gasteiger partial charge is 0.335 e. The van der Waals surface area contributed by atoms with Crippen LogP contribution in [0.25, 0.3) is 10.9 Å². The van der Waals surface area contributed by atoms with Crippen molar-refractivity contribution in [2.24, 2.45) is 0 Å². The zero-order valence-corrected chi connectivity index (χ0v) is 16.9. The van der Waals surface area contributed by atoms with E-state index in [2.05, 4.69) is 28.9 Å². The van der Waals surface area contributed by atoms with E-state index in [1.807, 2.05) is 12.3 Å². The number of aromatic carboxylic acids is 1. The molecule has 4 rings (SSSR count). The number of nitrogens with two attached hydrogens (primary N) is 1. The minimum absolute atomic E-state index is 0.159. The fourth-order valence-electron chi connectivity index (χ4n) is 4.53. The summed E-state index contributed by atoms with van der Waals surface area (Å²) in [6.07, 6.45) is 5.23. The summed E-state index contributed by atoms with van der Waals surface area (Å²) in [7, 11) is 1.72. The van der Waals surface area contributed by atoms with Gasteiger partial charge in [0, 0.05) is 40.9 Å². The van der Waals surface area contributed by atoms with Crippen LogP contribution in [0, 0.1) is 6.92 Å². The van der Waals surface area contributed by atoms with Gasteiger partial charge in [0.15, 0.2) is 0 Å². The van der Waals surface area contributed by atoms with Crippen molar-refractivity contribution in [2.45, 2.75) is 38.8 Å². The normalized spacial score (nSPS) is 17.5. The number of hydrogen-bond donors (Lipinski definition) is 3. The van der Waals surface area contributed by atoms with E-state index in [4.69, 9.17) is 10.5 Å². The summed E-state index contributed by atoms with van der Waals surface area (Å²) in [6.45, 7) is 3.80. The quantitative estimate of drug-likeness (QED) is 0.556. The van der Waals surface area contributed by atoms with Crippen molar-refractivity contribution in [1.29, 1.82) is 0 Å². The van der Waals surface area contributed by atoms with Crippen LogP contribution in [0.4, 0.5) is 5.69 Å². The molecule has 1 saturated heterocycles. The number of carboxylic acid groups (broad SMARTS) is 1. The number of nitrogens with one attached hydrogen (secondary N) is 1. The summed E-state index contributed by atoms with van der Waals surface area (Å²) in [4.78, 5) is 17.0. The Morgan fingerprint density at radius 1 is 1.31 bits per heavy atom. The van der Waals surface area contributed by atoms with E-state index in [0.29, 0.717) is 5.69 Å². The largest absolute Gasteiger partial charge is 0.496 e. The lowest BCUT2D eigenvalue weighted by molar-refractivity contribution is 0.0697. The predicted molar refractivity (Wildman–Crippen MR) is 114 cm³/mol. The number of nitrogen functional groups attached to an aromatic ring is 1. The summed E-state index contributed by atoms with van der Waals surface area (Å²) < 4.78 is 5.72. The Morgan fingerprint density at radius 2 is 2.14 bits per heavy atom. The van der Waals surface area contributed by atoms with E-state index in [1.165, 1.54) is 10.9 Å². The average molecular weight is 393 g/mol. The van der Waals surface area contributed by atoms with Crippen molar-refractivity contribution in [3.8, 4) is 5.75 Å². The summed E-state index contributed by atoms with van der Waals surface area (Å²) in [6, 6.07) is 9.45. The third-order valence-electron chi connectivity index (χ3n) is 6.00. The first-order chi connectivity index (χ1) is 14.0. The van der Waals surface area contributed by atoms with E-state index in [1.54, 1.807) is 19.2 Å². The Hall–Kier alpha value is -2.99. The first-order valence-corrected chi connectivity index (χ1v) is 10.00. The molecule has 1 aliphatic heterocycles. The van der Waals surface area contributed by atoms with Crippen LogP contribution in [0.2, 0.25) is 0 Å². The maximum Gasteiger partial charge on any atom is 0.335 e. The molecule has 1 fully saturated rings. The number of ether oxygens (including phenoxy) is 1. The molecule has 0 aliphatic carbocycles. The molecule has 4 N–H and O–H groups in total. The van der Waals surface area contributed by atoms with Crippen molar-refractivity contribution in [3.05, 3.63) is 58.8 Å². The third kappa shape index (κ3) is 3.56. The Labute approximate surface area is 170 Å². The molecule has 29 heavy (non-hydrogen) atoms. The third-order valence-corrected chi connectivity index (χ3v) is 6.00. The van der Waals surface area contributed by atoms with Gasteiger partial charge in [-0.15, -0.1) is 0 Å². The van der Waals surface area contributed by atoms with Gasteiger partial charge in [0.2, 0.25) is 0 Å². The molecular weight excluding hydrogens is 366 g/mol. The SMILES string of the molecule is COc1cc(C)c2[nH]ccc2c1CN1CCCCC1c1ccc(C(=O)O)cc1N. The standard InChI is InChI=1S/C23H27N3O3/c1-14-11-21(29-2)18(16-8-9-25-22(14)16)13-26-10-4-3-5-20(26)17-7-6-15(23(27)28)12-19(17)24/h6-9,11-12,20,25H,3-5,10,13,24H2,1-2H3,(H,27,28). The van der Waals surface area contributed by atoms with Crippen LogP contribution in [0.15, 0.2) is 36.5 Å². The molecule has 3 aromatic rings. The number of aromatic amines is 1. The van der Waals surface area contributed by atoms with Gasteiger partial charge in [-0.1, -0.05) is 12.5 Å². The summed E-state index contributed by atoms with van der Waals surface area (Å²) in [5, 5.41) is 10.4. The van der Waals surface area contributed by atoms with Gasteiger partial charge in [0.25, 0.3) is 0 Å². The number of hydrogen-bond acceptors (Lipinski definition) is 4. The molecule has 0 bridgehead atoms.